The number of fused-ring (bicyclic) bond motifs is 1. The second kappa shape index (κ2) is 6.78. The summed E-state index contributed by atoms with van der Waals surface area (Å²) >= 11 is 0. The minimum Gasteiger partial charge on any atom is -0.302 e. The molecule has 2 aliphatic rings. The Balaban J connectivity index is 1.47. The number of hydrogen-bond donors (Lipinski definition) is 1. The van der Waals surface area contributed by atoms with Gasteiger partial charge in [0.25, 0.3) is 0 Å². The fraction of sp³-hybridized carbons (Fsp3) is 0.381. The van der Waals surface area contributed by atoms with Crippen molar-refractivity contribution in [1.29, 1.82) is 0 Å². The van der Waals surface area contributed by atoms with Crippen LogP contribution in [0.2, 0.25) is 0 Å². The zero-order chi connectivity index (χ0) is 16.4. The van der Waals surface area contributed by atoms with Gasteiger partial charge in [-0.2, -0.15) is 5.10 Å². The predicted octanol–water partition coefficient (Wildman–Crippen LogP) is 3.77. The first-order valence-corrected chi connectivity index (χ1v) is 9.00. The maximum absolute atomic E-state index is 4.64. The molecule has 2 atom stereocenters. The van der Waals surface area contributed by atoms with Crippen LogP contribution in [-0.4, -0.2) is 23.7 Å². The SMILES string of the molecule is CCc1ccc(C2NN=C3CCN(Cc4ccccc4)CC32)cc1. The van der Waals surface area contributed by atoms with Crippen molar-refractivity contribution < 1.29 is 0 Å². The Bertz CT molecular complexity index is 706. The molecule has 2 aliphatic heterocycles. The van der Waals surface area contributed by atoms with Gasteiger partial charge in [0.1, 0.15) is 0 Å². The zero-order valence-corrected chi connectivity index (χ0v) is 14.3. The largest absolute Gasteiger partial charge is 0.302 e. The average Bonchev–Trinajstić information content (AvgIpc) is 3.06. The third-order valence-corrected chi connectivity index (χ3v) is 5.31. The van der Waals surface area contributed by atoms with Gasteiger partial charge in [-0.1, -0.05) is 61.5 Å². The summed E-state index contributed by atoms with van der Waals surface area (Å²) in [6.07, 6.45) is 2.17. The van der Waals surface area contributed by atoms with E-state index in [4.69, 9.17) is 0 Å². The first-order valence-electron chi connectivity index (χ1n) is 9.00. The molecule has 0 aliphatic carbocycles. The van der Waals surface area contributed by atoms with Crippen LogP contribution in [0, 0.1) is 5.92 Å². The topological polar surface area (TPSA) is 27.6 Å². The van der Waals surface area contributed by atoms with Crippen LogP contribution in [0.4, 0.5) is 0 Å². The van der Waals surface area contributed by atoms with E-state index < -0.39 is 0 Å². The number of piperidine rings is 1. The average molecular weight is 319 g/mol. The van der Waals surface area contributed by atoms with Crippen molar-refractivity contribution in [3.8, 4) is 0 Å². The van der Waals surface area contributed by atoms with Crippen molar-refractivity contribution in [2.45, 2.75) is 32.4 Å². The number of benzene rings is 2. The fourth-order valence-electron chi connectivity index (χ4n) is 3.86. The highest BCUT2D eigenvalue weighted by molar-refractivity contribution is 5.89. The highest BCUT2D eigenvalue weighted by Crippen LogP contribution is 2.33. The number of hydrazone groups is 1. The van der Waals surface area contributed by atoms with Gasteiger partial charge in [-0.05, 0) is 23.1 Å². The molecule has 0 saturated carbocycles. The van der Waals surface area contributed by atoms with Crippen LogP contribution in [-0.2, 0) is 13.0 Å². The molecular formula is C21H25N3. The molecule has 0 spiro atoms. The molecule has 0 aromatic heterocycles. The Morgan fingerprint density at radius 1 is 1.04 bits per heavy atom. The summed E-state index contributed by atoms with van der Waals surface area (Å²) in [5, 5.41) is 4.64. The lowest BCUT2D eigenvalue weighted by molar-refractivity contribution is 0.220. The normalized spacial score (nSPS) is 23.5. The second-order valence-corrected chi connectivity index (χ2v) is 6.88. The fourth-order valence-corrected chi connectivity index (χ4v) is 3.86. The van der Waals surface area contributed by atoms with Gasteiger partial charge >= 0.3 is 0 Å². The molecule has 3 nitrogen and oxygen atoms in total. The molecule has 2 aromatic carbocycles. The summed E-state index contributed by atoms with van der Waals surface area (Å²) in [5.74, 6) is 0.495. The van der Waals surface area contributed by atoms with Crippen molar-refractivity contribution in [3.63, 3.8) is 0 Å². The van der Waals surface area contributed by atoms with Crippen LogP contribution in [0.25, 0.3) is 0 Å². The smallest absolute Gasteiger partial charge is 0.0782 e. The van der Waals surface area contributed by atoms with Gasteiger partial charge in [0, 0.05) is 37.7 Å². The summed E-state index contributed by atoms with van der Waals surface area (Å²) in [4.78, 5) is 2.57. The Labute approximate surface area is 144 Å². The molecule has 0 bridgehead atoms. The van der Waals surface area contributed by atoms with Crippen molar-refractivity contribution >= 4 is 5.71 Å². The Kier molecular flexibility index (Phi) is 4.35. The maximum Gasteiger partial charge on any atom is 0.0782 e. The number of hydrogen-bond acceptors (Lipinski definition) is 3. The van der Waals surface area contributed by atoms with Crippen LogP contribution >= 0.6 is 0 Å². The standard InChI is InChI=1S/C21H25N3/c1-2-16-8-10-18(11-9-16)21-19-15-24(13-12-20(19)22-23-21)14-17-6-4-3-5-7-17/h3-11,19,21,23H,2,12-15H2,1H3. The number of aryl methyl sites for hydroxylation is 1. The molecule has 2 aromatic rings. The quantitative estimate of drug-likeness (QED) is 0.929. The van der Waals surface area contributed by atoms with E-state index in [1.54, 1.807) is 0 Å². The minimum absolute atomic E-state index is 0.324. The number of nitrogens with one attached hydrogen (secondary N) is 1. The lowest BCUT2D eigenvalue weighted by Crippen LogP contribution is -2.41. The molecule has 24 heavy (non-hydrogen) atoms. The number of likely N-dealkylation sites (tertiary alicyclic amines) is 1. The molecule has 0 radical (unpaired) electrons. The summed E-state index contributed by atoms with van der Waals surface area (Å²) in [5.41, 5.74) is 8.90. The molecular weight excluding hydrogens is 294 g/mol. The van der Waals surface area contributed by atoms with Gasteiger partial charge in [-0.3, -0.25) is 4.90 Å². The van der Waals surface area contributed by atoms with Gasteiger partial charge in [0.2, 0.25) is 0 Å². The maximum atomic E-state index is 4.64. The van der Waals surface area contributed by atoms with Crippen molar-refractivity contribution in [2.75, 3.05) is 13.1 Å². The van der Waals surface area contributed by atoms with Gasteiger partial charge in [-0.25, -0.2) is 0 Å². The van der Waals surface area contributed by atoms with Crippen LogP contribution in [0.1, 0.15) is 36.1 Å². The van der Waals surface area contributed by atoms with Crippen LogP contribution in [0.3, 0.4) is 0 Å². The first-order chi connectivity index (χ1) is 11.8. The van der Waals surface area contributed by atoms with Crippen molar-refractivity contribution in [1.82, 2.24) is 10.3 Å². The highest BCUT2D eigenvalue weighted by Gasteiger charge is 2.36. The van der Waals surface area contributed by atoms with Crippen LogP contribution < -0.4 is 5.43 Å². The molecule has 2 heterocycles. The van der Waals surface area contributed by atoms with E-state index in [-0.39, 0.29) is 0 Å². The Hall–Kier alpha value is -2.13. The van der Waals surface area contributed by atoms with E-state index >= 15 is 0 Å². The van der Waals surface area contributed by atoms with E-state index in [2.05, 4.69) is 76.9 Å². The molecule has 1 saturated heterocycles. The van der Waals surface area contributed by atoms with Crippen LogP contribution in [0.5, 0.6) is 0 Å². The zero-order valence-electron chi connectivity index (χ0n) is 14.3. The third kappa shape index (κ3) is 3.09. The summed E-state index contributed by atoms with van der Waals surface area (Å²) in [6.45, 7) is 5.42. The minimum atomic E-state index is 0.324. The van der Waals surface area contributed by atoms with Gasteiger partial charge in [-0.15, -0.1) is 0 Å². The second-order valence-electron chi connectivity index (χ2n) is 6.88. The number of rotatable bonds is 4. The predicted molar refractivity (Wildman–Crippen MR) is 99.0 cm³/mol. The summed E-state index contributed by atoms with van der Waals surface area (Å²) < 4.78 is 0. The van der Waals surface area contributed by atoms with E-state index in [0.717, 1.165) is 32.5 Å². The van der Waals surface area contributed by atoms with E-state index in [9.17, 15) is 0 Å². The van der Waals surface area contributed by atoms with E-state index in [0.29, 0.717) is 12.0 Å². The third-order valence-electron chi connectivity index (χ3n) is 5.31. The molecule has 124 valence electrons. The lowest BCUT2D eigenvalue weighted by Gasteiger charge is -2.33. The first kappa shape index (κ1) is 15.4. The molecule has 4 rings (SSSR count). The van der Waals surface area contributed by atoms with Crippen molar-refractivity contribution in [2.24, 2.45) is 11.0 Å². The van der Waals surface area contributed by atoms with Crippen LogP contribution in [0.15, 0.2) is 59.7 Å². The molecule has 1 N–H and O–H groups in total. The van der Waals surface area contributed by atoms with Gasteiger partial charge in [0.05, 0.1) is 6.04 Å². The molecule has 1 fully saturated rings. The monoisotopic (exact) mass is 319 g/mol. The van der Waals surface area contributed by atoms with E-state index in [1.807, 2.05) is 0 Å². The Morgan fingerprint density at radius 3 is 2.58 bits per heavy atom. The number of nitrogens with zero attached hydrogens (tertiary/aromatic N) is 2. The van der Waals surface area contributed by atoms with Gasteiger partial charge in [0.15, 0.2) is 0 Å². The molecule has 0 amide bonds. The Morgan fingerprint density at radius 2 is 1.83 bits per heavy atom. The van der Waals surface area contributed by atoms with Gasteiger partial charge < -0.3 is 5.43 Å². The van der Waals surface area contributed by atoms with Crippen molar-refractivity contribution in [3.05, 3.63) is 71.3 Å². The summed E-state index contributed by atoms with van der Waals surface area (Å²) in [6, 6.07) is 20.1. The lowest BCUT2D eigenvalue weighted by atomic mass is 9.86. The van der Waals surface area contributed by atoms with E-state index in [1.165, 1.54) is 22.4 Å². The molecule has 3 heteroatoms. The molecule has 2 unspecified atom stereocenters. The highest BCUT2D eigenvalue weighted by atomic mass is 15.4. The summed E-state index contributed by atoms with van der Waals surface area (Å²) in [7, 11) is 0.